The number of unbranched alkanes of at least 4 members (excludes halogenated alkanes) is 1. The van der Waals surface area contributed by atoms with E-state index in [2.05, 4.69) is 13.8 Å². The molecular weight excluding hydrogens is 332 g/mol. The van der Waals surface area contributed by atoms with Crippen LogP contribution >= 0.6 is 0 Å². The van der Waals surface area contributed by atoms with Crippen LogP contribution in [0.3, 0.4) is 0 Å². The van der Waals surface area contributed by atoms with Crippen molar-refractivity contribution in [3.63, 3.8) is 0 Å². The van der Waals surface area contributed by atoms with Crippen molar-refractivity contribution >= 4 is 5.97 Å². The van der Waals surface area contributed by atoms with E-state index in [1.165, 1.54) is 77.0 Å². The quantitative estimate of drug-likeness (QED) is 0.436. The maximum Gasteiger partial charge on any atom is 0.309 e. The summed E-state index contributed by atoms with van der Waals surface area (Å²) in [5.41, 5.74) is 0. The minimum atomic E-state index is 0.136. The van der Waals surface area contributed by atoms with Crippen LogP contribution < -0.4 is 0 Å². The van der Waals surface area contributed by atoms with Gasteiger partial charge in [-0.3, -0.25) is 4.79 Å². The number of rotatable bonds is 7. The smallest absolute Gasteiger partial charge is 0.309 e. The highest BCUT2D eigenvalue weighted by molar-refractivity contribution is 5.72. The van der Waals surface area contributed by atoms with Gasteiger partial charge in [0, 0.05) is 0 Å². The van der Waals surface area contributed by atoms with Crippen LogP contribution in [0.25, 0.3) is 0 Å². The molecule has 0 amide bonds. The third kappa shape index (κ3) is 6.23. The predicted molar refractivity (Wildman–Crippen MR) is 113 cm³/mol. The molecule has 3 aliphatic rings. The van der Waals surface area contributed by atoms with E-state index in [4.69, 9.17) is 4.74 Å². The molecule has 3 rings (SSSR count). The molecule has 0 saturated heterocycles. The fourth-order valence-electron chi connectivity index (χ4n) is 6.19. The molecule has 0 aromatic rings. The van der Waals surface area contributed by atoms with Crippen LogP contribution in [0, 0.1) is 29.6 Å². The maximum absolute atomic E-state index is 12.6. The maximum atomic E-state index is 12.6. The Balaban J connectivity index is 1.33. The van der Waals surface area contributed by atoms with Gasteiger partial charge in [-0.05, 0) is 87.9 Å². The largest absolute Gasteiger partial charge is 0.462 e. The van der Waals surface area contributed by atoms with Crippen molar-refractivity contribution in [3.05, 3.63) is 0 Å². The van der Waals surface area contributed by atoms with Gasteiger partial charge in [0.1, 0.15) is 6.10 Å². The highest BCUT2D eigenvalue weighted by atomic mass is 16.5. The summed E-state index contributed by atoms with van der Waals surface area (Å²) >= 11 is 0. The summed E-state index contributed by atoms with van der Waals surface area (Å²) in [7, 11) is 0. The van der Waals surface area contributed by atoms with Crippen molar-refractivity contribution < 1.29 is 9.53 Å². The fraction of sp³-hybridized carbons (Fsp3) is 0.960. The number of esters is 1. The van der Waals surface area contributed by atoms with Crippen LogP contribution in [0.2, 0.25) is 0 Å². The van der Waals surface area contributed by atoms with E-state index in [0.717, 1.165) is 49.4 Å². The van der Waals surface area contributed by atoms with Crippen LogP contribution in [0.15, 0.2) is 0 Å². The second-order valence-corrected chi connectivity index (χ2v) is 10.0. The molecule has 2 nitrogen and oxygen atoms in total. The van der Waals surface area contributed by atoms with Gasteiger partial charge in [0.05, 0.1) is 5.92 Å². The van der Waals surface area contributed by atoms with Gasteiger partial charge in [-0.15, -0.1) is 0 Å². The molecule has 0 radical (unpaired) electrons. The monoisotopic (exact) mass is 376 g/mol. The number of hydrogen-bond donors (Lipinski definition) is 0. The molecule has 0 unspecified atom stereocenters. The number of hydrogen-bond acceptors (Lipinski definition) is 2. The normalized spacial score (nSPS) is 37.7. The summed E-state index contributed by atoms with van der Waals surface area (Å²) in [5, 5.41) is 0. The van der Waals surface area contributed by atoms with E-state index in [1.54, 1.807) is 0 Å². The van der Waals surface area contributed by atoms with E-state index in [-0.39, 0.29) is 18.0 Å². The minimum Gasteiger partial charge on any atom is -0.462 e. The molecule has 156 valence electrons. The summed E-state index contributed by atoms with van der Waals surface area (Å²) in [6.45, 7) is 4.60. The average molecular weight is 377 g/mol. The molecule has 0 atom stereocenters. The van der Waals surface area contributed by atoms with Gasteiger partial charge in [0.15, 0.2) is 0 Å². The first-order valence-electron chi connectivity index (χ1n) is 12.4. The first-order chi connectivity index (χ1) is 13.2. The number of carbonyl (C=O) groups is 1. The Kier molecular flexibility index (Phi) is 8.52. The third-order valence-electron chi connectivity index (χ3n) is 8.28. The van der Waals surface area contributed by atoms with Gasteiger partial charge in [0.25, 0.3) is 0 Å². The Hall–Kier alpha value is -0.530. The van der Waals surface area contributed by atoms with Gasteiger partial charge in [-0.25, -0.2) is 0 Å². The number of ether oxygens (including phenoxy) is 1. The Morgan fingerprint density at radius 1 is 0.741 bits per heavy atom. The summed E-state index contributed by atoms with van der Waals surface area (Å²) in [5.74, 6) is 4.05. The molecule has 3 saturated carbocycles. The van der Waals surface area contributed by atoms with Crippen LogP contribution in [0.5, 0.6) is 0 Å². The zero-order chi connectivity index (χ0) is 19.1. The Bertz CT molecular complexity index is 422. The highest BCUT2D eigenvalue weighted by Gasteiger charge is 2.34. The SMILES string of the molecule is CCCCC1CCC(C2CCC(C(=O)OC3CCC(CC)CC3)CC2)CC1. The topological polar surface area (TPSA) is 26.3 Å². The molecule has 27 heavy (non-hydrogen) atoms. The zero-order valence-electron chi connectivity index (χ0n) is 18.1. The number of carbonyl (C=O) groups excluding carboxylic acids is 1. The Morgan fingerprint density at radius 3 is 1.85 bits per heavy atom. The standard InChI is InChI=1S/C25H44O2/c1-3-5-6-20-7-11-21(12-8-20)22-13-15-23(16-14-22)25(26)27-24-17-9-19(4-2)10-18-24/h19-24H,3-18H2,1-2H3. The lowest BCUT2D eigenvalue weighted by atomic mass is 9.68. The lowest BCUT2D eigenvalue weighted by Gasteiger charge is -2.38. The second kappa shape index (κ2) is 10.9. The Morgan fingerprint density at radius 2 is 1.30 bits per heavy atom. The minimum absolute atomic E-state index is 0.136. The molecule has 0 bridgehead atoms. The molecule has 0 aromatic heterocycles. The summed E-state index contributed by atoms with van der Waals surface area (Å²) in [6, 6.07) is 0. The average Bonchev–Trinajstić information content (AvgIpc) is 2.73. The van der Waals surface area contributed by atoms with Crippen molar-refractivity contribution in [2.45, 2.75) is 123 Å². The van der Waals surface area contributed by atoms with Gasteiger partial charge >= 0.3 is 5.97 Å². The van der Waals surface area contributed by atoms with E-state index < -0.39 is 0 Å². The summed E-state index contributed by atoms with van der Waals surface area (Å²) in [6.07, 6.45) is 21.0. The molecule has 0 N–H and O–H groups in total. The molecule has 3 fully saturated rings. The first-order valence-corrected chi connectivity index (χ1v) is 12.4. The van der Waals surface area contributed by atoms with Crippen molar-refractivity contribution in [2.24, 2.45) is 29.6 Å². The molecule has 2 heteroatoms. The lowest BCUT2D eigenvalue weighted by Crippen LogP contribution is -2.32. The van der Waals surface area contributed by atoms with Gasteiger partial charge < -0.3 is 4.74 Å². The van der Waals surface area contributed by atoms with Crippen LogP contribution in [0.1, 0.15) is 117 Å². The van der Waals surface area contributed by atoms with Gasteiger partial charge in [-0.1, -0.05) is 52.4 Å². The van der Waals surface area contributed by atoms with Crippen molar-refractivity contribution in [1.82, 2.24) is 0 Å². The fourth-order valence-corrected chi connectivity index (χ4v) is 6.19. The van der Waals surface area contributed by atoms with Crippen LogP contribution in [-0.2, 0) is 9.53 Å². The molecule has 0 aromatic carbocycles. The Labute approximate surface area is 168 Å². The molecule has 0 spiro atoms. The molecule has 0 aliphatic heterocycles. The van der Waals surface area contributed by atoms with Crippen LogP contribution in [0.4, 0.5) is 0 Å². The predicted octanol–water partition coefficient (Wildman–Crippen LogP) is 7.30. The highest BCUT2D eigenvalue weighted by Crippen LogP contribution is 2.42. The zero-order valence-corrected chi connectivity index (χ0v) is 18.1. The first kappa shape index (κ1) is 21.2. The summed E-state index contributed by atoms with van der Waals surface area (Å²) < 4.78 is 5.92. The molecular formula is C25H44O2. The van der Waals surface area contributed by atoms with Crippen LogP contribution in [-0.4, -0.2) is 12.1 Å². The third-order valence-corrected chi connectivity index (χ3v) is 8.28. The summed E-state index contributed by atoms with van der Waals surface area (Å²) in [4.78, 5) is 12.6. The van der Waals surface area contributed by atoms with E-state index in [9.17, 15) is 4.79 Å². The molecule has 3 aliphatic carbocycles. The van der Waals surface area contributed by atoms with E-state index in [0.29, 0.717) is 0 Å². The molecule has 0 heterocycles. The van der Waals surface area contributed by atoms with Crippen molar-refractivity contribution in [2.75, 3.05) is 0 Å². The van der Waals surface area contributed by atoms with Crippen molar-refractivity contribution in [3.8, 4) is 0 Å². The van der Waals surface area contributed by atoms with E-state index in [1.807, 2.05) is 0 Å². The van der Waals surface area contributed by atoms with Gasteiger partial charge in [0.2, 0.25) is 0 Å². The van der Waals surface area contributed by atoms with Gasteiger partial charge in [-0.2, -0.15) is 0 Å². The lowest BCUT2D eigenvalue weighted by molar-refractivity contribution is -0.157. The van der Waals surface area contributed by atoms with Crippen molar-refractivity contribution in [1.29, 1.82) is 0 Å². The second-order valence-electron chi connectivity index (χ2n) is 10.0. The van der Waals surface area contributed by atoms with E-state index >= 15 is 0 Å².